The van der Waals surface area contributed by atoms with Gasteiger partial charge < -0.3 is 5.32 Å². The zero-order chi connectivity index (χ0) is 9.10. The molecule has 1 atom stereocenters. The molecule has 3 heteroatoms. The highest BCUT2D eigenvalue weighted by Gasteiger charge is 2.25. The first-order chi connectivity index (χ1) is 6.36. The standard InChI is InChI=1S/C10H18N2O/c13-10-8-9(4-5-11-10)12-6-2-1-3-7-12/h9H,1-8H2,(H,11,13). The van der Waals surface area contributed by atoms with Crippen molar-refractivity contribution < 1.29 is 4.79 Å². The highest BCUT2D eigenvalue weighted by molar-refractivity contribution is 5.77. The molecule has 2 aliphatic rings. The number of carbonyl (C=O) groups is 1. The van der Waals surface area contributed by atoms with Gasteiger partial charge in [-0.15, -0.1) is 0 Å². The van der Waals surface area contributed by atoms with E-state index in [1.54, 1.807) is 0 Å². The molecule has 0 spiro atoms. The molecule has 13 heavy (non-hydrogen) atoms. The zero-order valence-electron chi connectivity index (χ0n) is 8.09. The second-order valence-electron chi connectivity index (χ2n) is 4.09. The summed E-state index contributed by atoms with van der Waals surface area (Å²) in [5.41, 5.74) is 0. The minimum Gasteiger partial charge on any atom is -0.356 e. The molecular formula is C10H18N2O. The van der Waals surface area contributed by atoms with Crippen LogP contribution in [0.4, 0.5) is 0 Å². The Morgan fingerprint density at radius 1 is 1.23 bits per heavy atom. The Morgan fingerprint density at radius 3 is 2.69 bits per heavy atom. The van der Waals surface area contributed by atoms with Gasteiger partial charge in [-0.3, -0.25) is 9.69 Å². The number of rotatable bonds is 1. The average molecular weight is 182 g/mol. The highest BCUT2D eigenvalue weighted by Crippen LogP contribution is 2.18. The number of nitrogens with one attached hydrogen (secondary N) is 1. The number of amides is 1. The van der Waals surface area contributed by atoms with E-state index in [9.17, 15) is 4.79 Å². The summed E-state index contributed by atoms with van der Waals surface area (Å²) >= 11 is 0. The van der Waals surface area contributed by atoms with Crippen molar-refractivity contribution in [3.05, 3.63) is 0 Å². The van der Waals surface area contributed by atoms with E-state index >= 15 is 0 Å². The Balaban J connectivity index is 1.87. The highest BCUT2D eigenvalue weighted by atomic mass is 16.1. The number of carbonyl (C=O) groups excluding carboxylic acids is 1. The van der Waals surface area contributed by atoms with Crippen molar-refractivity contribution in [3.63, 3.8) is 0 Å². The molecule has 74 valence electrons. The number of likely N-dealkylation sites (tertiary alicyclic amines) is 1. The van der Waals surface area contributed by atoms with Gasteiger partial charge in [0.2, 0.25) is 5.91 Å². The van der Waals surface area contributed by atoms with E-state index in [1.807, 2.05) is 0 Å². The van der Waals surface area contributed by atoms with E-state index in [-0.39, 0.29) is 5.91 Å². The van der Waals surface area contributed by atoms with Gasteiger partial charge in [-0.25, -0.2) is 0 Å². The molecule has 1 unspecified atom stereocenters. The summed E-state index contributed by atoms with van der Waals surface area (Å²) in [4.78, 5) is 13.7. The molecule has 1 amide bonds. The lowest BCUT2D eigenvalue weighted by atomic mass is 10.0. The van der Waals surface area contributed by atoms with Crippen LogP contribution in [-0.2, 0) is 4.79 Å². The third kappa shape index (κ3) is 2.21. The molecule has 2 fully saturated rings. The van der Waals surface area contributed by atoms with Gasteiger partial charge in [0.15, 0.2) is 0 Å². The van der Waals surface area contributed by atoms with Crippen LogP contribution in [0.5, 0.6) is 0 Å². The van der Waals surface area contributed by atoms with Crippen molar-refractivity contribution in [2.75, 3.05) is 19.6 Å². The van der Waals surface area contributed by atoms with Crippen LogP contribution in [0.25, 0.3) is 0 Å². The molecule has 0 aromatic heterocycles. The summed E-state index contributed by atoms with van der Waals surface area (Å²) in [6, 6.07) is 0.536. The fourth-order valence-corrected chi connectivity index (χ4v) is 2.36. The molecule has 0 aromatic rings. The summed E-state index contributed by atoms with van der Waals surface area (Å²) in [6.07, 6.45) is 5.87. The Morgan fingerprint density at radius 2 is 2.00 bits per heavy atom. The predicted octanol–water partition coefficient (Wildman–Crippen LogP) is 0.751. The van der Waals surface area contributed by atoms with E-state index in [0.29, 0.717) is 6.04 Å². The maximum atomic E-state index is 11.2. The Labute approximate surface area is 79.5 Å². The van der Waals surface area contributed by atoms with E-state index < -0.39 is 0 Å². The Hall–Kier alpha value is -0.570. The lowest BCUT2D eigenvalue weighted by Crippen LogP contribution is -2.47. The smallest absolute Gasteiger partial charge is 0.221 e. The van der Waals surface area contributed by atoms with Crippen LogP contribution in [0.1, 0.15) is 32.1 Å². The topological polar surface area (TPSA) is 32.3 Å². The monoisotopic (exact) mass is 182 g/mol. The normalized spacial score (nSPS) is 31.4. The molecule has 0 bridgehead atoms. The van der Waals surface area contributed by atoms with Gasteiger partial charge in [-0.2, -0.15) is 0 Å². The minimum absolute atomic E-state index is 0.238. The first-order valence-electron chi connectivity index (χ1n) is 5.37. The maximum absolute atomic E-state index is 11.2. The number of hydrogen-bond donors (Lipinski definition) is 1. The van der Waals surface area contributed by atoms with Crippen LogP contribution < -0.4 is 5.32 Å². The van der Waals surface area contributed by atoms with Gasteiger partial charge in [0.05, 0.1) is 0 Å². The molecule has 1 N–H and O–H groups in total. The lowest BCUT2D eigenvalue weighted by Gasteiger charge is -2.36. The van der Waals surface area contributed by atoms with Crippen LogP contribution >= 0.6 is 0 Å². The molecule has 2 rings (SSSR count). The fraction of sp³-hybridized carbons (Fsp3) is 0.900. The molecule has 2 aliphatic heterocycles. The van der Waals surface area contributed by atoms with Crippen molar-refractivity contribution in [1.29, 1.82) is 0 Å². The summed E-state index contributed by atoms with van der Waals surface area (Å²) in [5.74, 6) is 0.238. The van der Waals surface area contributed by atoms with Crippen molar-refractivity contribution in [1.82, 2.24) is 10.2 Å². The number of nitrogens with zero attached hydrogens (tertiary/aromatic N) is 1. The van der Waals surface area contributed by atoms with E-state index in [1.165, 1.54) is 32.4 Å². The average Bonchev–Trinajstić information content (AvgIpc) is 2.19. The minimum atomic E-state index is 0.238. The summed E-state index contributed by atoms with van der Waals surface area (Å²) in [7, 11) is 0. The predicted molar refractivity (Wildman–Crippen MR) is 51.5 cm³/mol. The van der Waals surface area contributed by atoms with E-state index in [4.69, 9.17) is 0 Å². The van der Waals surface area contributed by atoms with Gasteiger partial charge >= 0.3 is 0 Å². The van der Waals surface area contributed by atoms with Crippen molar-refractivity contribution >= 4 is 5.91 Å². The molecule has 0 saturated carbocycles. The molecular weight excluding hydrogens is 164 g/mol. The van der Waals surface area contributed by atoms with Crippen LogP contribution in [0, 0.1) is 0 Å². The van der Waals surface area contributed by atoms with Gasteiger partial charge in [0.1, 0.15) is 0 Å². The van der Waals surface area contributed by atoms with Crippen molar-refractivity contribution in [2.24, 2.45) is 0 Å². The van der Waals surface area contributed by atoms with E-state index in [2.05, 4.69) is 10.2 Å². The number of piperidine rings is 2. The third-order valence-corrected chi connectivity index (χ3v) is 3.13. The molecule has 0 radical (unpaired) electrons. The van der Waals surface area contributed by atoms with Gasteiger partial charge in [-0.1, -0.05) is 6.42 Å². The fourth-order valence-electron chi connectivity index (χ4n) is 2.36. The quantitative estimate of drug-likeness (QED) is 0.649. The second kappa shape index (κ2) is 4.09. The molecule has 2 saturated heterocycles. The first kappa shape index (κ1) is 9.00. The van der Waals surface area contributed by atoms with Crippen LogP contribution in [0.3, 0.4) is 0 Å². The molecule has 3 nitrogen and oxygen atoms in total. The largest absolute Gasteiger partial charge is 0.356 e. The third-order valence-electron chi connectivity index (χ3n) is 3.13. The van der Waals surface area contributed by atoms with Crippen molar-refractivity contribution in [3.8, 4) is 0 Å². The van der Waals surface area contributed by atoms with Crippen LogP contribution in [0.2, 0.25) is 0 Å². The molecule has 0 aromatic carbocycles. The van der Waals surface area contributed by atoms with Gasteiger partial charge in [-0.05, 0) is 32.4 Å². The Kier molecular flexibility index (Phi) is 2.83. The summed E-state index contributed by atoms with van der Waals surface area (Å²) in [5, 5.41) is 2.89. The van der Waals surface area contributed by atoms with Crippen molar-refractivity contribution in [2.45, 2.75) is 38.1 Å². The molecule has 0 aliphatic carbocycles. The lowest BCUT2D eigenvalue weighted by molar-refractivity contribution is -0.124. The first-order valence-corrected chi connectivity index (χ1v) is 5.37. The summed E-state index contributed by atoms with van der Waals surface area (Å²) < 4.78 is 0. The Bertz CT molecular complexity index is 187. The van der Waals surface area contributed by atoms with Crippen LogP contribution in [-0.4, -0.2) is 36.5 Å². The van der Waals surface area contributed by atoms with E-state index in [0.717, 1.165) is 19.4 Å². The maximum Gasteiger partial charge on any atom is 0.221 e. The van der Waals surface area contributed by atoms with Gasteiger partial charge in [0.25, 0.3) is 0 Å². The second-order valence-corrected chi connectivity index (χ2v) is 4.09. The number of hydrogen-bond acceptors (Lipinski definition) is 2. The summed E-state index contributed by atoms with van der Waals surface area (Å²) in [6.45, 7) is 3.29. The van der Waals surface area contributed by atoms with Crippen LogP contribution in [0.15, 0.2) is 0 Å². The molecule has 2 heterocycles. The van der Waals surface area contributed by atoms with Gasteiger partial charge in [0, 0.05) is 19.0 Å². The SMILES string of the molecule is O=C1CC(N2CCCCC2)CCN1. The zero-order valence-corrected chi connectivity index (χ0v) is 8.09.